The number of anilines is 1. The van der Waals surface area contributed by atoms with E-state index in [1.165, 1.54) is 12.8 Å². The van der Waals surface area contributed by atoms with Gasteiger partial charge in [0.05, 0.1) is 5.56 Å². The number of phenolic OH excluding ortho intramolecular Hbond substituents is 1. The summed E-state index contributed by atoms with van der Waals surface area (Å²) >= 11 is 5.99. The van der Waals surface area contributed by atoms with Crippen LogP contribution >= 0.6 is 11.6 Å². The van der Waals surface area contributed by atoms with Crippen LogP contribution in [0.25, 0.3) is 11.4 Å². The molecule has 0 radical (unpaired) electrons. The number of hydrogen-bond acceptors (Lipinski definition) is 5. The summed E-state index contributed by atoms with van der Waals surface area (Å²) in [5.74, 6) is 1.98. The Kier molecular flexibility index (Phi) is 4.18. The molecule has 1 fully saturated rings. The summed E-state index contributed by atoms with van der Waals surface area (Å²) < 4.78 is 0. The van der Waals surface area contributed by atoms with Crippen LogP contribution in [0.3, 0.4) is 0 Å². The first kappa shape index (κ1) is 15.1. The molecule has 1 atom stereocenters. The molecule has 0 aliphatic heterocycles. The van der Waals surface area contributed by atoms with Crippen LogP contribution < -0.4 is 10.6 Å². The van der Waals surface area contributed by atoms with Gasteiger partial charge in [-0.2, -0.15) is 0 Å². The number of halogens is 1. The van der Waals surface area contributed by atoms with Crippen molar-refractivity contribution in [2.24, 2.45) is 11.7 Å². The third-order valence-corrected chi connectivity index (χ3v) is 4.18. The molecule has 116 valence electrons. The van der Waals surface area contributed by atoms with Crippen molar-refractivity contribution >= 4 is 17.4 Å². The molecule has 5 nitrogen and oxygen atoms in total. The van der Waals surface area contributed by atoms with Crippen LogP contribution in [0.2, 0.25) is 5.02 Å². The van der Waals surface area contributed by atoms with Gasteiger partial charge >= 0.3 is 0 Å². The number of rotatable bonds is 5. The number of benzene rings is 1. The molecule has 6 heteroatoms. The minimum atomic E-state index is 0.110. The summed E-state index contributed by atoms with van der Waals surface area (Å²) in [6.45, 7) is 0.753. The molecule has 1 heterocycles. The fraction of sp³-hybridized carbons (Fsp3) is 0.375. The number of nitrogens with zero attached hydrogens (tertiary/aromatic N) is 3. The van der Waals surface area contributed by atoms with E-state index in [0.29, 0.717) is 22.3 Å². The molecule has 3 rings (SSSR count). The van der Waals surface area contributed by atoms with E-state index in [1.54, 1.807) is 24.4 Å². The Bertz CT molecular complexity index is 675. The zero-order valence-corrected chi connectivity index (χ0v) is 13.2. The highest BCUT2D eigenvalue weighted by atomic mass is 35.5. The van der Waals surface area contributed by atoms with Crippen molar-refractivity contribution in [3.63, 3.8) is 0 Å². The third-order valence-electron chi connectivity index (χ3n) is 3.94. The van der Waals surface area contributed by atoms with E-state index >= 15 is 0 Å². The van der Waals surface area contributed by atoms with Crippen molar-refractivity contribution in [1.82, 2.24) is 9.97 Å². The first-order valence-corrected chi connectivity index (χ1v) is 7.71. The van der Waals surface area contributed by atoms with Gasteiger partial charge in [-0.05, 0) is 43.0 Å². The molecule has 22 heavy (non-hydrogen) atoms. The molecular formula is C16H19ClN4O. The van der Waals surface area contributed by atoms with Crippen LogP contribution in [-0.4, -0.2) is 34.7 Å². The largest absolute Gasteiger partial charge is 0.507 e. The number of hydrogen-bond donors (Lipinski definition) is 2. The average Bonchev–Trinajstić information content (AvgIpc) is 3.34. The van der Waals surface area contributed by atoms with E-state index in [1.807, 2.05) is 18.0 Å². The van der Waals surface area contributed by atoms with E-state index in [2.05, 4.69) is 9.97 Å². The highest BCUT2D eigenvalue weighted by Gasteiger charge is 2.29. The average molecular weight is 319 g/mol. The number of aromatic hydroxyl groups is 1. The second kappa shape index (κ2) is 6.10. The quantitative estimate of drug-likeness (QED) is 0.886. The van der Waals surface area contributed by atoms with Gasteiger partial charge in [-0.1, -0.05) is 11.6 Å². The maximum atomic E-state index is 9.97. The molecule has 0 saturated heterocycles. The van der Waals surface area contributed by atoms with Crippen LogP contribution in [0.4, 0.5) is 5.82 Å². The summed E-state index contributed by atoms with van der Waals surface area (Å²) in [6.07, 6.45) is 4.12. The van der Waals surface area contributed by atoms with Gasteiger partial charge in [0.15, 0.2) is 5.82 Å². The minimum Gasteiger partial charge on any atom is -0.507 e. The van der Waals surface area contributed by atoms with Crippen molar-refractivity contribution in [3.05, 3.63) is 35.5 Å². The van der Waals surface area contributed by atoms with Crippen molar-refractivity contribution in [1.29, 1.82) is 0 Å². The van der Waals surface area contributed by atoms with Crippen LogP contribution in [0, 0.1) is 5.92 Å². The predicted octanol–water partition coefficient (Wildman–Crippen LogP) is 2.68. The Morgan fingerprint density at radius 1 is 1.41 bits per heavy atom. The Hall–Kier alpha value is -1.85. The topological polar surface area (TPSA) is 75.3 Å². The van der Waals surface area contributed by atoms with Gasteiger partial charge in [-0.15, -0.1) is 0 Å². The van der Waals surface area contributed by atoms with Crippen molar-refractivity contribution in [3.8, 4) is 17.1 Å². The lowest BCUT2D eigenvalue weighted by atomic mass is 10.2. The number of likely N-dealkylation sites (N-methyl/N-ethyl adjacent to an activating group) is 1. The SMILES string of the molecule is CN(CC(N)C1CC1)c1ccnc(-c2cc(Cl)ccc2O)n1. The van der Waals surface area contributed by atoms with Gasteiger partial charge in [-0.3, -0.25) is 0 Å². The Labute approximate surface area is 134 Å². The van der Waals surface area contributed by atoms with E-state index in [4.69, 9.17) is 17.3 Å². The van der Waals surface area contributed by atoms with Crippen molar-refractivity contribution in [2.75, 3.05) is 18.5 Å². The fourth-order valence-corrected chi connectivity index (χ4v) is 2.63. The van der Waals surface area contributed by atoms with Gasteiger partial charge in [0.25, 0.3) is 0 Å². The maximum absolute atomic E-state index is 9.97. The summed E-state index contributed by atoms with van der Waals surface area (Å²) in [4.78, 5) is 10.8. The molecule has 3 N–H and O–H groups in total. The molecule has 0 amide bonds. The first-order valence-electron chi connectivity index (χ1n) is 7.33. The molecule has 1 aliphatic rings. The molecule has 1 unspecified atom stereocenters. The molecule has 2 aromatic rings. The molecule has 0 spiro atoms. The molecule has 1 aromatic heterocycles. The van der Waals surface area contributed by atoms with Gasteiger partial charge in [0.2, 0.25) is 0 Å². The smallest absolute Gasteiger partial charge is 0.165 e. The van der Waals surface area contributed by atoms with Crippen LogP contribution in [0.5, 0.6) is 5.75 Å². The Morgan fingerprint density at radius 2 is 2.18 bits per heavy atom. The summed E-state index contributed by atoms with van der Waals surface area (Å²) in [6, 6.07) is 6.84. The lowest BCUT2D eigenvalue weighted by Gasteiger charge is -2.22. The highest BCUT2D eigenvalue weighted by Crippen LogP contribution is 2.33. The third kappa shape index (κ3) is 3.31. The zero-order valence-electron chi connectivity index (χ0n) is 12.4. The second-order valence-electron chi connectivity index (χ2n) is 5.78. The molecular weight excluding hydrogens is 300 g/mol. The monoisotopic (exact) mass is 318 g/mol. The lowest BCUT2D eigenvalue weighted by molar-refractivity contribution is 0.477. The molecule has 1 aromatic carbocycles. The highest BCUT2D eigenvalue weighted by molar-refractivity contribution is 6.30. The normalized spacial score (nSPS) is 15.6. The van der Waals surface area contributed by atoms with Crippen molar-refractivity contribution in [2.45, 2.75) is 18.9 Å². The Morgan fingerprint density at radius 3 is 2.91 bits per heavy atom. The zero-order chi connectivity index (χ0) is 15.7. The number of nitrogens with two attached hydrogens (primary N) is 1. The first-order chi connectivity index (χ1) is 10.5. The lowest BCUT2D eigenvalue weighted by Crippen LogP contribution is -2.37. The Balaban J connectivity index is 1.83. The van der Waals surface area contributed by atoms with E-state index < -0.39 is 0 Å². The van der Waals surface area contributed by atoms with Gasteiger partial charge in [0.1, 0.15) is 11.6 Å². The fourth-order valence-electron chi connectivity index (χ4n) is 2.46. The number of aromatic nitrogens is 2. The van der Waals surface area contributed by atoms with E-state index in [-0.39, 0.29) is 11.8 Å². The minimum absolute atomic E-state index is 0.110. The molecule has 1 saturated carbocycles. The maximum Gasteiger partial charge on any atom is 0.165 e. The summed E-state index contributed by atoms with van der Waals surface area (Å²) in [5, 5.41) is 10.5. The van der Waals surface area contributed by atoms with Gasteiger partial charge in [-0.25, -0.2) is 9.97 Å². The standard InChI is InChI=1S/C16H19ClN4O/c1-21(9-13(18)10-2-3-10)15-6-7-19-16(20-15)12-8-11(17)4-5-14(12)22/h4-8,10,13,22H,2-3,9,18H2,1H3. The van der Waals surface area contributed by atoms with Gasteiger partial charge < -0.3 is 15.7 Å². The van der Waals surface area contributed by atoms with E-state index in [9.17, 15) is 5.11 Å². The molecule has 0 bridgehead atoms. The number of phenols is 1. The second-order valence-corrected chi connectivity index (χ2v) is 6.22. The van der Waals surface area contributed by atoms with Crippen molar-refractivity contribution < 1.29 is 5.11 Å². The van der Waals surface area contributed by atoms with E-state index in [0.717, 1.165) is 12.4 Å². The van der Waals surface area contributed by atoms with Crippen LogP contribution in [-0.2, 0) is 0 Å². The van der Waals surface area contributed by atoms with Crippen LogP contribution in [0.15, 0.2) is 30.5 Å². The summed E-state index contributed by atoms with van der Waals surface area (Å²) in [7, 11) is 1.96. The molecule has 1 aliphatic carbocycles. The predicted molar refractivity (Wildman–Crippen MR) is 88.1 cm³/mol. The van der Waals surface area contributed by atoms with Crippen LogP contribution in [0.1, 0.15) is 12.8 Å². The summed E-state index contributed by atoms with van der Waals surface area (Å²) in [5.41, 5.74) is 6.69. The van der Waals surface area contributed by atoms with Gasteiger partial charge in [0, 0.05) is 30.9 Å².